The summed E-state index contributed by atoms with van der Waals surface area (Å²) in [6.45, 7) is 1.61. The first-order valence-electron chi connectivity index (χ1n) is 9.59. The van der Waals surface area contributed by atoms with Gasteiger partial charge in [0.25, 0.3) is 5.56 Å². The minimum Gasteiger partial charge on any atom is -0.376 e. The number of hydrogen-bond donors (Lipinski definition) is 0. The molecule has 8 heteroatoms. The lowest BCUT2D eigenvalue weighted by atomic mass is 10.1. The summed E-state index contributed by atoms with van der Waals surface area (Å²) in [6, 6.07) is 11.9. The Balaban J connectivity index is 1.43. The molecule has 4 aromatic rings. The molecule has 29 heavy (non-hydrogen) atoms. The van der Waals surface area contributed by atoms with Crippen molar-refractivity contribution in [1.29, 1.82) is 0 Å². The van der Waals surface area contributed by atoms with Gasteiger partial charge in [-0.3, -0.25) is 9.20 Å². The molecule has 0 radical (unpaired) electrons. The van der Waals surface area contributed by atoms with Gasteiger partial charge in [-0.25, -0.2) is 9.97 Å². The van der Waals surface area contributed by atoms with E-state index in [1.807, 2.05) is 29.8 Å². The van der Waals surface area contributed by atoms with E-state index in [0.717, 1.165) is 53.1 Å². The molecular weight excluding hydrogens is 404 g/mol. The first-order valence-corrected chi connectivity index (χ1v) is 11.5. The van der Waals surface area contributed by atoms with Crippen molar-refractivity contribution in [3.8, 4) is 11.3 Å². The molecule has 1 aliphatic rings. The number of aromatic nitrogens is 4. The van der Waals surface area contributed by atoms with Crippen molar-refractivity contribution in [3.05, 3.63) is 70.2 Å². The lowest BCUT2D eigenvalue weighted by Crippen LogP contribution is -2.16. The number of fused-ring (bicyclic) bond motifs is 1. The van der Waals surface area contributed by atoms with Crippen LogP contribution >= 0.6 is 23.1 Å². The van der Waals surface area contributed by atoms with Crippen LogP contribution in [0.25, 0.3) is 16.2 Å². The lowest BCUT2D eigenvalue weighted by Gasteiger charge is -2.16. The zero-order valence-electron chi connectivity index (χ0n) is 15.7. The van der Waals surface area contributed by atoms with Gasteiger partial charge in [-0.15, -0.1) is 11.3 Å². The first-order chi connectivity index (χ1) is 14.3. The van der Waals surface area contributed by atoms with E-state index >= 15 is 0 Å². The number of thioether (sulfide) groups is 1. The fraction of sp³-hybridized carbons (Fsp3) is 0.286. The third-order valence-electron chi connectivity index (χ3n) is 5.00. The largest absolute Gasteiger partial charge is 0.376 e. The topological polar surface area (TPSA) is 61.4 Å². The van der Waals surface area contributed by atoms with Gasteiger partial charge in [0, 0.05) is 30.0 Å². The van der Waals surface area contributed by atoms with Crippen LogP contribution in [-0.2, 0) is 17.0 Å². The third kappa shape index (κ3) is 3.88. The molecule has 0 spiro atoms. The van der Waals surface area contributed by atoms with Crippen molar-refractivity contribution in [2.45, 2.75) is 36.4 Å². The number of benzene rings is 1. The van der Waals surface area contributed by atoms with E-state index in [1.165, 1.54) is 11.3 Å². The smallest absolute Gasteiger partial charge is 0.258 e. The highest BCUT2D eigenvalue weighted by atomic mass is 32.2. The monoisotopic (exact) mass is 424 g/mol. The Labute approximate surface area is 176 Å². The third-order valence-corrected chi connectivity index (χ3v) is 6.78. The van der Waals surface area contributed by atoms with E-state index in [2.05, 4.69) is 26.7 Å². The van der Waals surface area contributed by atoms with Gasteiger partial charge < -0.3 is 9.30 Å². The van der Waals surface area contributed by atoms with Crippen LogP contribution in [0.3, 0.4) is 0 Å². The molecule has 4 heterocycles. The molecule has 5 rings (SSSR count). The van der Waals surface area contributed by atoms with Crippen molar-refractivity contribution in [3.63, 3.8) is 0 Å². The van der Waals surface area contributed by atoms with Crippen LogP contribution in [0, 0.1) is 0 Å². The van der Waals surface area contributed by atoms with Crippen molar-refractivity contribution in [1.82, 2.24) is 18.9 Å². The van der Waals surface area contributed by atoms with Gasteiger partial charge in [0.05, 0.1) is 30.2 Å². The second-order valence-electron chi connectivity index (χ2n) is 6.97. The fourth-order valence-corrected chi connectivity index (χ4v) is 5.20. The van der Waals surface area contributed by atoms with E-state index < -0.39 is 0 Å². The highest BCUT2D eigenvalue weighted by Crippen LogP contribution is 2.29. The van der Waals surface area contributed by atoms with Crippen molar-refractivity contribution < 1.29 is 4.74 Å². The van der Waals surface area contributed by atoms with E-state index in [-0.39, 0.29) is 11.7 Å². The highest BCUT2D eigenvalue weighted by Gasteiger charge is 2.21. The second kappa shape index (κ2) is 8.14. The molecule has 148 valence electrons. The fourth-order valence-electron chi connectivity index (χ4n) is 3.58. The standard InChI is InChI=1S/C21H20N4O2S2/c26-19-11-16(23-21-24(19)8-10-28-21)14-29-20-22-12-18(15-5-2-1-3-6-15)25(20)13-17-7-4-9-27-17/h1-3,5-6,8,10-12,17H,4,7,9,13-14H2/t17-/m1/s1. The van der Waals surface area contributed by atoms with Crippen LogP contribution in [-0.4, -0.2) is 31.6 Å². The van der Waals surface area contributed by atoms with Crippen LogP contribution in [0.5, 0.6) is 0 Å². The molecule has 3 aromatic heterocycles. The van der Waals surface area contributed by atoms with Crippen LogP contribution in [0.4, 0.5) is 0 Å². The Morgan fingerprint density at radius 3 is 3.00 bits per heavy atom. The number of nitrogens with zero attached hydrogens (tertiary/aromatic N) is 4. The molecule has 1 saturated heterocycles. The van der Waals surface area contributed by atoms with Gasteiger partial charge in [-0.1, -0.05) is 42.1 Å². The number of thiazole rings is 1. The molecule has 0 unspecified atom stereocenters. The van der Waals surface area contributed by atoms with E-state index in [4.69, 9.17) is 4.74 Å². The van der Waals surface area contributed by atoms with Crippen LogP contribution in [0.1, 0.15) is 18.5 Å². The highest BCUT2D eigenvalue weighted by molar-refractivity contribution is 7.98. The van der Waals surface area contributed by atoms with Gasteiger partial charge in [-0.05, 0) is 18.4 Å². The maximum atomic E-state index is 12.2. The first kappa shape index (κ1) is 18.6. The Hall–Kier alpha value is -2.42. The normalized spacial score (nSPS) is 16.6. The van der Waals surface area contributed by atoms with Crippen molar-refractivity contribution >= 4 is 28.1 Å². The van der Waals surface area contributed by atoms with Crippen LogP contribution in [0.2, 0.25) is 0 Å². The van der Waals surface area contributed by atoms with Gasteiger partial charge in [0.1, 0.15) is 0 Å². The summed E-state index contributed by atoms with van der Waals surface area (Å²) in [6.07, 6.45) is 6.08. The Morgan fingerprint density at radius 1 is 1.28 bits per heavy atom. The predicted molar refractivity (Wildman–Crippen MR) is 116 cm³/mol. The van der Waals surface area contributed by atoms with Crippen molar-refractivity contribution in [2.75, 3.05) is 6.61 Å². The Bertz CT molecular complexity index is 1180. The molecule has 0 aliphatic carbocycles. The molecule has 1 atom stereocenters. The number of hydrogen-bond acceptors (Lipinski definition) is 6. The number of rotatable bonds is 6. The van der Waals surface area contributed by atoms with Gasteiger partial charge in [-0.2, -0.15) is 0 Å². The second-order valence-corrected chi connectivity index (χ2v) is 8.78. The van der Waals surface area contributed by atoms with E-state index in [0.29, 0.717) is 5.75 Å². The number of imidazole rings is 1. The molecule has 1 fully saturated rings. The van der Waals surface area contributed by atoms with Crippen LogP contribution < -0.4 is 5.56 Å². The zero-order chi connectivity index (χ0) is 19.6. The Kier molecular flexibility index (Phi) is 5.22. The van der Waals surface area contributed by atoms with E-state index in [1.54, 1.807) is 28.4 Å². The molecular formula is C21H20N4O2S2. The van der Waals surface area contributed by atoms with Gasteiger partial charge >= 0.3 is 0 Å². The molecule has 0 saturated carbocycles. The molecule has 1 aliphatic heterocycles. The molecule has 1 aromatic carbocycles. The SMILES string of the molecule is O=c1cc(CSc2ncc(-c3ccccc3)n2C[C@H]2CCCO2)nc2sccn12. The minimum absolute atomic E-state index is 0.0421. The molecule has 0 amide bonds. The molecule has 0 bridgehead atoms. The summed E-state index contributed by atoms with van der Waals surface area (Å²) in [7, 11) is 0. The average molecular weight is 425 g/mol. The van der Waals surface area contributed by atoms with Crippen LogP contribution in [0.15, 0.2) is 64.1 Å². The maximum Gasteiger partial charge on any atom is 0.258 e. The Morgan fingerprint density at radius 2 is 2.17 bits per heavy atom. The molecule has 6 nitrogen and oxygen atoms in total. The van der Waals surface area contributed by atoms with Crippen molar-refractivity contribution in [2.24, 2.45) is 0 Å². The van der Waals surface area contributed by atoms with Gasteiger partial charge in [0.2, 0.25) is 0 Å². The number of ether oxygens (including phenoxy) is 1. The predicted octanol–water partition coefficient (Wildman–Crippen LogP) is 4.09. The summed E-state index contributed by atoms with van der Waals surface area (Å²) in [5.74, 6) is 0.598. The summed E-state index contributed by atoms with van der Waals surface area (Å²) in [5, 5.41) is 2.80. The maximum absolute atomic E-state index is 12.2. The summed E-state index contributed by atoms with van der Waals surface area (Å²) in [5.41, 5.74) is 2.96. The van der Waals surface area contributed by atoms with Gasteiger partial charge in [0.15, 0.2) is 10.1 Å². The van der Waals surface area contributed by atoms with E-state index in [9.17, 15) is 4.79 Å². The minimum atomic E-state index is -0.0421. The molecule has 0 N–H and O–H groups in total. The zero-order valence-corrected chi connectivity index (χ0v) is 17.4. The summed E-state index contributed by atoms with van der Waals surface area (Å²) in [4.78, 5) is 22.3. The summed E-state index contributed by atoms with van der Waals surface area (Å²) >= 11 is 3.08. The quantitative estimate of drug-likeness (QED) is 0.436. The average Bonchev–Trinajstić information content (AvgIpc) is 3.49. The summed E-state index contributed by atoms with van der Waals surface area (Å²) < 4.78 is 9.69. The lowest BCUT2D eigenvalue weighted by molar-refractivity contribution is 0.0954.